The molecule has 2 aliphatic heterocycles. The van der Waals surface area contributed by atoms with Gasteiger partial charge in [-0.15, -0.1) is 0 Å². The maximum Gasteiger partial charge on any atom is 0.321 e. The van der Waals surface area contributed by atoms with Crippen LogP contribution in [0.3, 0.4) is 0 Å². The zero-order chi connectivity index (χ0) is 12.1. The zero-order valence-electron chi connectivity index (χ0n) is 10.0. The van der Waals surface area contributed by atoms with Crippen LogP contribution in [0.4, 0.5) is 4.79 Å². The largest absolute Gasteiger partial charge is 0.371 e. The average Bonchev–Trinajstić information content (AvgIpc) is 2.60. The highest BCUT2D eigenvalue weighted by atomic mass is 16.8. The first-order valence-corrected chi connectivity index (χ1v) is 5.33. The number of rotatable bonds is 0. The molecular formula is C10H18N2O4. The van der Waals surface area contributed by atoms with Crippen molar-refractivity contribution >= 4 is 6.03 Å². The van der Waals surface area contributed by atoms with Gasteiger partial charge in [0.15, 0.2) is 12.0 Å². The first kappa shape index (κ1) is 11.6. The number of hydrogen-bond donors (Lipinski definition) is 1. The molecule has 16 heavy (non-hydrogen) atoms. The number of carbonyl (C=O) groups is 1. The van der Waals surface area contributed by atoms with E-state index in [4.69, 9.17) is 9.47 Å². The minimum atomic E-state index is -0.929. The van der Waals surface area contributed by atoms with Gasteiger partial charge < -0.3 is 19.5 Å². The van der Waals surface area contributed by atoms with Crippen molar-refractivity contribution in [3.05, 3.63) is 0 Å². The van der Waals surface area contributed by atoms with Gasteiger partial charge in [0.05, 0.1) is 6.54 Å². The zero-order valence-corrected chi connectivity index (χ0v) is 10.0. The van der Waals surface area contributed by atoms with Gasteiger partial charge in [0, 0.05) is 14.1 Å². The van der Waals surface area contributed by atoms with Gasteiger partial charge in [-0.3, -0.25) is 4.90 Å². The summed E-state index contributed by atoms with van der Waals surface area (Å²) in [6.45, 7) is 3.97. The Kier molecular flexibility index (Phi) is 2.60. The van der Waals surface area contributed by atoms with E-state index in [0.29, 0.717) is 6.54 Å². The maximum atomic E-state index is 11.7. The highest BCUT2D eigenvalue weighted by molar-refractivity contribution is 5.74. The van der Waals surface area contributed by atoms with Gasteiger partial charge in [-0.2, -0.15) is 0 Å². The summed E-state index contributed by atoms with van der Waals surface area (Å²) < 4.78 is 11.2. The third-order valence-electron chi connectivity index (χ3n) is 2.84. The van der Waals surface area contributed by atoms with Crippen LogP contribution in [0.25, 0.3) is 0 Å². The summed E-state index contributed by atoms with van der Waals surface area (Å²) in [5.74, 6) is -0.677. The van der Waals surface area contributed by atoms with Gasteiger partial charge in [-0.1, -0.05) is 0 Å². The van der Waals surface area contributed by atoms with Crippen LogP contribution >= 0.6 is 0 Å². The standard InChI is InChI=1S/C10H18N2O4/c1-10(2)15-6-5-12(9(14)11(3)4)8(13)7(6)16-10/h6-8,13H,5H2,1-4H3/t6-,7-,8+/m0/s1. The van der Waals surface area contributed by atoms with Crippen molar-refractivity contribution in [2.24, 2.45) is 0 Å². The van der Waals surface area contributed by atoms with Crippen molar-refractivity contribution in [2.45, 2.75) is 38.1 Å². The average molecular weight is 230 g/mol. The molecule has 0 aromatic carbocycles. The van der Waals surface area contributed by atoms with E-state index in [2.05, 4.69) is 0 Å². The summed E-state index contributed by atoms with van der Waals surface area (Å²) in [6, 6.07) is -0.230. The first-order chi connectivity index (χ1) is 7.32. The molecule has 6 heteroatoms. The van der Waals surface area contributed by atoms with Gasteiger partial charge in [-0.25, -0.2) is 4.79 Å². The number of amides is 2. The summed E-state index contributed by atoms with van der Waals surface area (Å²) >= 11 is 0. The molecule has 92 valence electrons. The predicted octanol–water partition coefficient (Wildman–Crippen LogP) is -0.178. The summed E-state index contributed by atoms with van der Waals surface area (Å²) in [5, 5.41) is 9.98. The summed E-state index contributed by atoms with van der Waals surface area (Å²) in [4.78, 5) is 14.5. The van der Waals surface area contributed by atoms with Gasteiger partial charge in [0.1, 0.15) is 12.2 Å². The molecule has 2 fully saturated rings. The minimum Gasteiger partial charge on any atom is -0.371 e. The van der Waals surface area contributed by atoms with Crippen LogP contribution in [-0.4, -0.2) is 65.8 Å². The van der Waals surface area contributed by atoms with E-state index in [1.165, 1.54) is 9.80 Å². The molecule has 6 nitrogen and oxygen atoms in total. The number of urea groups is 1. The van der Waals surface area contributed by atoms with Crippen LogP contribution in [-0.2, 0) is 9.47 Å². The normalized spacial score (nSPS) is 36.3. The number of likely N-dealkylation sites (tertiary alicyclic amines) is 1. The molecular weight excluding hydrogens is 212 g/mol. The lowest BCUT2D eigenvalue weighted by Crippen LogP contribution is -2.46. The lowest BCUT2D eigenvalue weighted by atomic mass is 10.2. The third kappa shape index (κ3) is 1.77. The van der Waals surface area contributed by atoms with Crippen molar-refractivity contribution in [3.8, 4) is 0 Å². The third-order valence-corrected chi connectivity index (χ3v) is 2.84. The van der Waals surface area contributed by atoms with E-state index in [9.17, 15) is 9.90 Å². The van der Waals surface area contributed by atoms with Crippen molar-refractivity contribution in [1.82, 2.24) is 9.80 Å². The maximum absolute atomic E-state index is 11.7. The molecule has 2 saturated heterocycles. The molecule has 0 radical (unpaired) electrons. The lowest BCUT2D eigenvalue weighted by molar-refractivity contribution is -0.174. The van der Waals surface area contributed by atoms with Crippen LogP contribution in [0.5, 0.6) is 0 Å². The Bertz CT molecular complexity index is 305. The number of nitrogens with zero attached hydrogens (tertiary/aromatic N) is 2. The first-order valence-electron chi connectivity index (χ1n) is 5.33. The van der Waals surface area contributed by atoms with E-state index < -0.39 is 18.1 Å². The summed E-state index contributed by atoms with van der Waals surface area (Å²) in [7, 11) is 3.30. The predicted molar refractivity (Wildman–Crippen MR) is 55.6 cm³/mol. The monoisotopic (exact) mass is 230 g/mol. The Morgan fingerprint density at radius 2 is 2.06 bits per heavy atom. The molecule has 2 aliphatic rings. The Morgan fingerprint density at radius 3 is 2.56 bits per heavy atom. The van der Waals surface area contributed by atoms with Crippen molar-refractivity contribution in [3.63, 3.8) is 0 Å². The van der Waals surface area contributed by atoms with Crippen molar-refractivity contribution in [1.29, 1.82) is 0 Å². The number of aliphatic hydroxyl groups is 1. The fourth-order valence-electron chi connectivity index (χ4n) is 2.18. The Labute approximate surface area is 94.7 Å². The molecule has 0 bridgehead atoms. The Morgan fingerprint density at radius 1 is 1.44 bits per heavy atom. The minimum absolute atomic E-state index is 0.230. The fraction of sp³-hybridized carbons (Fsp3) is 0.900. The van der Waals surface area contributed by atoms with E-state index in [1.807, 2.05) is 0 Å². The smallest absolute Gasteiger partial charge is 0.321 e. The Balaban J connectivity index is 2.08. The topological polar surface area (TPSA) is 62.2 Å². The number of carbonyl (C=O) groups excluding carboxylic acids is 1. The summed E-state index contributed by atoms with van der Waals surface area (Å²) in [5.41, 5.74) is 0. The van der Waals surface area contributed by atoms with E-state index >= 15 is 0 Å². The van der Waals surface area contributed by atoms with Crippen LogP contribution in [0, 0.1) is 0 Å². The highest BCUT2D eigenvalue weighted by Gasteiger charge is 2.53. The molecule has 3 atom stereocenters. The molecule has 0 aromatic heterocycles. The van der Waals surface area contributed by atoms with E-state index in [-0.39, 0.29) is 12.1 Å². The second kappa shape index (κ2) is 3.58. The van der Waals surface area contributed by atoms with Gasteiger partial charge >= 0.3 is 6.03 Å². The Hall–Kier alpha value is -0.850. The van der Waals surface area contributed by atoms with Crippen LogP contribution in [0.2, 0.25) is 0 Å². The number of fused-ring (bicyclic) bond motifs is 1. The number of hydrogen-bond acceptors (Lipinski definition) is 4. The second-order valence-electron chi connectivity index (χ2n) is 4.88. The number of ether oxygens (including phenoxy) is 2. The van der Waals surface area contributed by atoms with Gasteiger partial charge in [-0.05, 0) is 13.8 Å². The quantitative estimate of drug-likeness (QED) is 0.627. The molecule has 0 aromatic rings. The highest BCUT2D eigenvalue weighted by Crippen LogP contribution is 2.35. The molecule has 2 heterocycles. The van der Waals surface area contributed by atoms with Crippen molar-refractivity contribution < 1.29 is 19.4 Å². The molecule has 0 saturated carbocycles. The molecule has 2 rings (SSSR count). The van der Waals surface area contributed by atoms with Crippen LogP contribution < -0.4 is 0 Å². The number of aliphatic hydroxyl groups excluding tert-OH is 1. The van der Waals surface area contributed by atoms with E-state index in [0.717, 1.165) is 0 Å². The van der Waals surface area contributed by atoms with Gasteiger partial charge in [0.25, 0.3) is 0 Å². The SMILES string of the molecule is CN(C)C(=O)N1C[C@@H]2OC(C)(C)O[C@@H]2[C@H]1O. The second-order valence-corrected chi connectivity index (χ2v) is 4.88. The lowest BCUT2D eigenvalue weighted by Gasteiger charge is -2.28. The molecule has 2 amide bonds. The molecule has 0 aliphatic carbocycles. The summed E-state index contributed by atoms with van der Waals surface area (Å²) in [6.07, 6.45) is -1.62. The molecule has 1 N–H and O–H groups in total. The molecule has 0 spiro atoms. The molecule has 0 unspecified atom stereocenters. The van der Waals surface area contributed by atoms with Crippen LogP contribution in [0.15, 0.2) is 0 Å². The fourth-order valence-corrected chi connectivity index (χ4v) is 2.18. The van der Waals surface area contributed by atoms with E-state index in [1.54, 1.807) is 27.9 Å². The van der Waals surface area contributed by atoms with Crippen LogP contribution in [0.1, 0.15) is 13.8 Å². The van der Waals surface area contributed by atoms with Crippen molar-refractivity contribution in [2.75, 3.05) is 20.6 Å². The van der Waals surface area contributed by atoms with Gasteiger partial charge in [0.2, 0.25) is 0 Å².